The van der Waals surface area contributed by atoms with Crippen LogP contribution in [0.5, 0.6) is 0 Å². The fourth-order valence-corrected chi connectivity index (χ4v) is 3.36. The van der Waals surface area contributed by atoms with Crippen molar-refractivity contribution in [2.24, 2.45) is 0 Å². The van der Waals surface area contributed by atoms with Crippen molar-refractivity contribution in [1.29, 1.82) is 0 Å². The van der Waals surface area contributed by atoms with Crippen molar-refractivity contribution in [3.8, 4) is 0 Å². The highest BCUT2D eigenvalue weighted by Gasteiger charge is 2.44. The number of nitrogens with two attached hydrogens (primary N) is 2. The molecule has 0 radical (unpaired) electrons. The van der Waals surface area contributed by atoms with E-state index in [4.69, 9.17) is 35.9 Å². The van der Waals surface area contributed by atoms with E-state index < -0.39 is 66.6 Å². The van der Waals surface area contributed by atoms with Gasteiger partial charge < -0.3 is 84.4 Å². The Hall–Kier alpha value is -2.00. The van der Waals surface area contributed by atoms with E-state index in [1.165, 1.54) is 0 Å². The molecule has 4 atom stereocenters. The van der Waals surface area contributed by atoms with Crippen molar-refractivity contribution in [1.82, 2.24) is 9.97 Å². The second-order valence-corrected chi connectivity index (χ2v) is 9.47. The van der Waals surface area contributed by atoms with Crippen LogP contribution in [0.3, 0.4) is 0 Å². The van der Waals surface area contributed by atoms with Gasteiger partial charge in [0.15, 0.2) is 12.0 Å². The van der Waals surface area contributed by atoms with Gasteiger partial charge in [-0.05, 0) is 0 Å². The molecule has 0 saturated carbocycles. The van der Waals surface area contributed by atoms with E-state index in [1.807, 2.05) is 0 Å². The van der Waals surface area contributed by atoms with Crippen LogP contribution in [-0.4, -0.2) is 67.6 Å². The summed E-state index contributed by atoms with van der Waals surface area (Å²) >= 11 is 0. The smallest absolute Gasteiger partial charge is 0.469 e. The van der Waals surface area contributed by atoms with Gasteiger partial charge >= 0.3 is 7.82 Å². The highest BCUT2D eigenvalue weighted by Crippen LogP contribution is 2.42. The normalized spacial score (nSPS) is 22.3. The number of hydrogen-bond donors (Lipinski definition) is 8. The molecular formula is C10H17N5O17P3-5. The highest BCUT2D eigenvalue weighted by atomic mass is 31.3. The number of carboxylic acid groups (broad SMARTS) is 1. The van der Waals surface area contributed by atoms with Gasteiger partial charge in [-0.15, -0.1) is 0 Å². The number of phosphoric acid groups is 3. The molecule has 0 aliphatic carbocycles. The zero-order chi connectivity index (χ0) is 27.8. The maximum atomic E-state index is 11.5. The van der Waals surface area contributed by atoms with Crippen LogP contribution >= 0.6 is 23.5 Å². The second-order valence-electron chi connectivity index (χ2n) is 5.79. The van der Waals surface area contributed by atoms with Crippen molar-refractivity contribution >= 4 is 47.4 Å². The van der Waals surface area contributed by atoms with Crippen molar-refractivity contribution in [2.75, 3.05) is 23.4 Å². The van der Waals surface area contributed by atoms with E-state index in [0.29, 0.717) is 0 Å². The Morgan fingerprint density at radius 1 is 1.11 bits per heavy atom. The number of hydrogen-bond acceptors (Lipinski definition) is 19. The molecule has 25 heteroatoms. The first-order valence-electron chi connectivity index (χ1n) is 8.15. The molecule has 204 valence electrons. The summed E-state index contributed by atoms with van der Waals surface area (Å²) in [6, 6.07) is 0. The third kappa shape index (κ3) is 13.6. The zero-order valence-electron chi connectivity index (χ0n) is 16.6. The molecule has 35 heavy (non-hydrogen) atoms. The van der Waals surface area contributed by atoms with Gasteiger partial charge in [0.25, 0.3) is 5.56 Å². The van der Waals surface area contributed by atoms with Crippen LogP contribution in [0.25, 0.3) is 0 Å². The number of phosphoric ester groups is 1. The summed E-state index contributed by atoms with van der Waals surface area (Å²) in [6.07, 6.45) is -5.48. The Balaban J connectivity index is 0.000000806. The van der Waals surface area contributed by atoms with E-state index in [2.05, 4.69) is 24.1 Å². The topological polar surface area (TPSA) is 402 Å². The lowest BCUT2D eigenvalue weighted by Crippen LogP contribution is -2.37. The van der Waals surface area contributed by atoms with Crippen molar-refractivity contribution in [2.45, 2.75) is 24.5 Å². The number of carbonyl (C=O) groups excluding carboxylic acids is 1. The molecule has 0 bridgehead atoms. The molecule has 1 aliphatic heterocycles. The number of nitrogens with zero attached hydrogens (tertiary/aromatic N) is 1. The predicted molar refractivity (Wildman–Crippen MR) is 98.3 cm³/mol. The van der Waals surface area contributed by atoms with Gasteiger partial charge in [0, 0.05) is 6.47 Å². The first kappa shape index (κ1) is 33.0. The molecule has 1 fully saturated rings. The van der Waals surface area contributed by atoms with Gasteiger partial charge in [-0.1, -0.05) is 0 Å². The van der Waals surface area contributed by atoms with Gasteiger partial charge in [-0.25, -0.2) is 4.57 Å². The number of carbonyl (C=O) groups is 1. The summed E-state index contributed by atoms with van der Waals surface area (Å²) in [5.74, 6) is -0.417. The monoisotopic (exact) mass is 572 g/mol. The number of anilines is 3. The maximum Gasteiger partial charge on any atom is 0.469 e. The summed E-state index contributed by atoms with van der Waals surface area (Å²) in [4.78, 5) is 80.1. The molecule has 0 aromatic carbocycles. The van der Waals surface area contributed by atoms with E-state index in [1.54, 1.807) is 0 Å². The number of nitrogen functional groups attached to an aromatic ring is 2. The molecule has 1 unspecified atom stereocenters. The van der Waals surface area contributed by atoms with E-state index in [0.717, 1.165) is 0 Å². The fourth-order valence-electron chi connectivity index (χ4n) is 2.04. The van der Waals surface area contributed by atoms with Gasteiger partial charge in [-0.3, -0.25) is 14.3 Å². The second kappa shape index (κ2) is 13.3. The Morgan fingerprint density at radius 2 is 1.60 bits per heavy atom. The number of H-pyrrole nitrogens is 1. The summed E-state index contributed by atoms with van der Waals surface area (Å²) in [5.41, 5.74) is 9.84. The van der Waals surface area contributed by atoms with Crippen molar-refractivity contribution < 1.29 is 76.7 Å². The Bertz CT molecular complexity index is 1010. The number of aliphatic hydroxyl groups excluding tert-OH is 2. The number of nitrogens with one attached hydrogen (secondary N) is 2. The predicted octanol–water partition coefficient (Wildman–Crippen LogP) is -8.07. The Labute approximate surface area is 193 Å². The summed E-state index contributed by atoms with van der Waals surface area (Å²) < 4.78 is 41.2. The van der Waals surface area contributed by atoms with E-state index in [9.17, 15) is 48.3 Å². The molecule has 2 rings (SSSR count). The van der Waals surface area contributed by atoms with Crippen LogP contribution in [0.15, 0.2) is 4.79 Å². The van der Waals surface area contributed by atoms with Crippen LogP contribution < -0.4 is 47.0 Å². The molecule has 1 aliphatic rings. The fraction of sp³-hybridized carbons (Fsp3) is 0.500. The largest absolute Gasteiger partial charge is 0.790 e. The van der Waals surface area contributed by atoms with Crippen LogP contribution in [0.2, 0.25) is 0 Å². The SMILES string of the molecule is Nc1nc(NC2O[C@H](COP(=O)(O)O)[C@@H](O)[C@H]2O)c(N)c(=O)[nH]1.O=C[O-].O=P([O-])([O-])OP(=O)([O-])[O-]. The molecule has 1 aromatic heterocycles. The molecule has 0 amide bonds. The third-order valence-electron chi connectivity index (χ3n) is 3.22. The molecule has 0 spiro atoms. The van der Waals surface area contributed by atoms with Gasteiger partial charge in [-0.2, -0.15) is 4.98 Å². The summed E-state index contributed by atoms with van der Waals surface area (Å²) in [7, 11) is -16.1. The minimum atomic E-state index is -5.68. The first-order chi connectivity index (χ1) is 15.7. The van der Waals surface area contributed by atoms with Crippen LogP contribution in [0, 0.1) is 0 Å². The van der Waals surface area contributed by atoms with Gasteiger partial charge in [0.05, 0.1) is 22.3 Å². The van der Waals surface area contributed by atoms with Crippen LogP contribution in [0.4, 0.5) is 17.5 Å². The summed E-state index contributed by atoms with van der Waals surface area (Å²) in [6.45, 7) is -1.17. The number of ether oxygens (including phenoxy) is 1. The first-order valence-corrected chi connectivity index (χ1v) is 12.6. The zero-order valence-corrected chi connectivity index (χ0v) is 19.3. The van der Waals surface area contributed by atoms with E-state index >= 15 is 0 Å². The molecule has 22 nitrogen and oxygen atoms in total. The number of rotatable bonds is 7. The average Bonchev–Trinajstić information content (AvgIpc) is 2.89. The lowest BCUT2D eigenvalue weighted by molar-refractivity contribution is -0.364. The van der Waals surface area contributed by atoms with E-state index in [-0.39, 0.29) is 17.5 Å². The number of aromatic amines is 1. The standard InChI is InChI=1S/C9H16N5O8P.CH2O2.H4O7P2/c10-3-6(13-9(11)14-7(3)17)12-8-5(16)4(15)2(22-8)1-21-23(18,19)20;2-1-3;1-8(2,3)7-9(4,5)6/h2,4-5,8,15-16H,1,10H2,(H2,18,19,20)(H4,11,12,13,14,17);1H,(H,2,3);(H2,1,2,3)(H2,4,5,6)/p-5/t2-,4-,5-,8?;;/m1../s1. The van der Waals surface area contributed by atoms with Crippen molar-refractivity contribution in [3.63, 3.8) is 0 Å². The Kier molecular flexibility index (Phi) is 12.6. The summed E-state index contributed by atoms with van der Waals surface area (Å²) in [5, 5.41) is 30.4. The molecule has 1 aromatic rings. The Morgan fingerprint density at radius 3 is 2.00 bits per heavy atom. The molecule has 1 saturated heterocycles. The lowest BCUT2D eigenvalue weighted by atomic mass is 10.1. The molecule has 2 heterocycles. The average molecular weight is 572 g/mol. The minimum Gasteiger partial charge on any atom is -0.790 e. The van der Waals surface area contributed by atoms with Crippen molar-refractivity contribution in [3.05, 3.63) is 10.4 Å². The number of aromatic nitrogens is 2. The lowest BCUT2D eigenvalue weighted by Gasteiger charge is -2.39. The van der Waals surface area contributed by atoms with Crippen LogP contribution in [0.1, 0.15) is 0 Å². The van der Waals surface area contributed by atoms with Gasteiger partial charge in [0.1, 0.15) is 24.0 Å². The van der Waals surface area contributed by atoms with Gasteiger partial charge in [0.2, 0.25) is 5.95 Å². The molecule has 10 N–H and O–H groups in total. The number of aliphatic hydroxyl groups is 2. The highest BCUT2D eigenvalue weighted by molar-refractivity contribution is 7.57. The molecular weight excluding hydrogens is 555 g/mol. The maximum absolute atomic E-state index is 11.5. The minimum absolute atomic E-state index is 0.181. The van der Waals surface area contributed by atoms with Crippen LogP contribution in [-0.2, 0) is 32.1 Å². The third-order valence-corrected chi connectivity index (χ3v) is 5.31. The quantitative estimate of drug-likeness (QED) is 0.111.